The van der Waals surface area contributed by atoms with Crippen molar-refractivity contribution in [3.05, 3.63) is 23.8 Å². The summed E-state index contributed by atoms with van der Waals surface area (Å²) in [5, 5.41) is 6.33. The third-order valence-electron chi connectivity index (χ3n) is 3.94. The van der Waals surface area contributed by atoms with Crippen LogP contribution in [-0.2, 0) is 4.79 Å². The van der Waals surface area contributed by atoms with E-state index in [-0.39, 0.29) is 11.9 Å². The molecule has 1 aliphatic heterocycles. The number of carbonyl (C=O) groups excluding carboxylic acids is 1. The highest BCUT2D eigenvalue weighted by molar-refractivity contribution is 5.78. The van der Waals surface area contributed by atoms with Crippen LogP contribution in [0.25, 0.3) is 0 Å². The molecule has 0 aromatic heterocycles. The standard InChI is InChI=1S/C17H27N3O3/c1-4-23-15-6-5-14(11-16(15)22-3)13(2)19-17(21)12-20-9-7-18-8-10-20/h5-6,11,13,18H,4,7-10,12H2,1-3H3,(H,19,21). The highest BCUT2D eigenvalue weighted by atomic mass is 16.5. The largest absolute Gasteiger partial charge is 0.493 e. The first kappa shape index (κ1) is 17.6. The van der Waals surface area contributed by atoms with Gasteiger partial charge >= 0.3 is 0 Å². The normalized spacial score (nSPS) is 16.7. The van der Waals surface area contributed by atoms with Crippen LogP contribution in [-0.4, -0.2) is 57.2 Å². The number of rotatable bonds is 7. The Labute approximate surface area is 138 Å². The molecule has 1 heterocycles. The summed E-state index contributed by atoms with van der Waals surface area (Å²) >= 11 is 0. The van der Waals surface area contributed by atoms with Crippen LogP contribution in [0.15, 0.2) is 18.2 Å². The predicted octanol–water partition coefficient (Wildman–Crippen LogP) is 1.18. The molecule has 1 saturated heterocycles. The molecular weight excluding hydrogens is 294 g/mol. The molecule has 1 amide bonds. The zero-order chi connectivity index (χ0) is 16.7. The predicted molar refractivity (Wildman–Crippen MR) is 90.0 cm³/mol. The van der Waals surface area contributed by atoms with Crippen molar-refractivity contribution in [1.82, 2.24) is 15.5 Å². The van der Waals surface area contributed by atoms with Gasteiger partial charge in [0.05, 0.1) is 26.3 Å². The van der Waals surface area contributed by atoms with Crippen molar-refractivity contribution in [3.8, 4) is 11.5 Å². The third-order valence-corrected chi connectivity index (χ3v) is 3.94. The SMILES string of the molecule is CCOc1ccc(C(C)NC(=O)CN2CCNCC2)cc1OC. The molecule has 1 fully saturated rings. The van der Waals surface area contributed by atoms with Crippen LogP contribution in [0.2, 0.25) is 0 Å². The van der Waals surface area contributed by atoms with Crippen LogP contribution in [0, 0.1) is 0 Å². The van der Waals surface area contributed by atoms with Gasteiger partial charge in [-0.15, -0.1) is 0 Å². The average Bonchev–Trinajstić information content (AvgIpc) is 2.56. The molecule has 1 aliphatic rings. The van der Waals surface area contributed by atoms with Crippen molar-refractivity contribution in [2.45, 2.75) is 19.9 Å². The molecule has 2 N–H and O–H groups in total. The summed E-state index contributed by atoms with van der Waals surface area (Å²) < 4.78 is 10.9. The first-order valence-corrected chi connectivity index (χ1v) is 8.17. The second kappa shape index (κ2) is 8.74. The van der Waals surface area contributed by atoms with Crippen molar-refractivity contribution in [2.24, 2.45) is 0 Å². The van der Waals surface area contributed by atoms with Crippen LogP contribution >= 0.6 is 0 Å². The van der Waals surface area contributed by atoms with Crippen molar-refractivity contribution < 1.29 is 14.3 Å². The van der Waals surface area contributed by atoms with Crippen LogP contribution < -0.4 is 20.1 Å². The highest BCUT2D eigenvalue weighted by Crippen LogP contribution is 2.30. The Morgan fingerprint density at radius 3 is 2.74 bits per heavy atom. The van der Waals surface area contributed by atoms with E-state index in [9.17, 15) is 4.79 Å². The van der Waals surface area contributed by atoms with Crippen molar-refractivity contribution in [3.63, 3.8) is 0 Å². The number of amides is 1. The van der Waals surface area contributed by atoms with Gasteiger partial charge in [-0.05, 0) is 31.5 Å². The van der Waals surface area contributed by atoms with E-state index in [1.165, 1.54) is 0 Å². The quantitative estimate of drug-likeness (QED) is 0.789. The number of benzene rings is 1. The average molecular weight is 321 g/mol. The monoisotopic (exact) mass is 321 g/mol. The molecule has 2 rings (SSSR count). The summed E-state index contributed by atoms with van der Waals surface area (Å²) in [6.45, 7) is 8.67. The van der Waals surface area contributed by atoms with E-state index in [1.54, 1.807) is 7.11 Å². The maximum absolute atomic E-state index is 12.2. The number of hydrogen-bond acceptors (Lipinski definition) is 5. The van der Waals surface area contributed by atoms with Gasteiger partial charge in [0.25, 0.3) is 0 Å². The van der Waals surface area contributed by atoms with Gasteiger partial charge in [-0.2, -0.15) is 0 Å². The number of carbonyl (C=O) groups is 1. The third kappa shape index (κ3) is 5.11. The zero-order valence-electron chi connectivity index (χ0n) is 14.2. The highest BCUT2D eigenvalue weighted by Gasteiger charge is 2.16. The number of piperazine rings is 1. The Bertz CT molecular complexity index is 516. The molecule has 0 spiro atoms. The van der Waals surface area contributed by atoms with Crippen LogP contribution in [0.3, 0.4) is 0 Å². The number of nitrogens with one attached hydrogen (secondary N) is 2. The number of ether oxygens (including phenoxy) is 2. The van der Waals surface area contributed by atoms with E-state index in [2.05, 4.69) is 15.5 Å². The maximum atomic E-state index is 12.2. The van der Waals surface area contributed by atoms with Crippen LogP contribution in [0.1, 0.15) is 25.5 Å². The Kier molecular flexibility index (Phi) is 6.67. The fraction of sp³-hybridized carbons (Fsp3) is 0.588. The first-order valence-electron chi connectivity index (χ1n) is 8.17. The van der Waals surface area contributed by atoms with Gasteiger partial charge in [-0.3, -0.25) is 9.69 Å². The molecule has 0 aliphatic carbocycles. The lowest BCUT2D eigenvalue weighted by atomic mass is 10.1. The van der Waals surface area contributed by atoms with E-state index >= 15 is 0 Å². The minimum Gasteiger partial charge on any atom is -0.493 e. The smallest absolute Gasteiger partial charge is 0.234 e. The lowest BCUT2D eigenvalue weighted by Gasteiger charge is -2.27. The number of hydrogen-bond donors (Lipinski definition) is 2. The molecule has 1 atom stereocenters. The van der Waals surface area contributed by atoms with E-state index in [4.69, 9.17) is 9.47 Å². The number of nitrogens with zero attached hydrogens (tertiary/aromatic N) is 1. The fourth-order valence-electron chi connectivity index (χ4n) is 2.67. The molecular formula is C17H27N3O3. The molecule has 6 heteroatoms. The molecule has 6 nitrogen and oxygen atoms in total. The Balaban J connectivity index is 1.93. The van der Waals surface area contributed by atoms with E-state index in [1.807, 2.05) is 32.0 Å². The molecule has 0 bridgehead atoms. The van der Waals surface area contributed by atoms with Gasteiger partial charge in [-0.1, -0.05) is 6.07 Å². The van der Waals surface area contributed by atoms with Crippen molar-refractivity contribution in [2.75, 3.05) is 46.4 Å². The van der Waals surface area contributed by atoms with Crippen molar-refractivity contribution >= 4 is 5.91 Å². The van der Waals surface area contributed by atoms with Gasteiger partial charge < -0.3 is 20.1 Å². The lowest BCUT2D eigenvalue weighted by molar-refractivity contribution is -0.123. The molecule has 23 heavy (non-hydrogen) atoms. The molecule has 1 aromatic carbocycles. The summed E-state index contributed by atoms with van der Waals surface area (Å²) in [4.78, 5) is 14.4. The molecule has 1 aromatic rings. The molecule has 0 saturated carbocycles. The Hall–Kier alpha value is -1.79. The number of methoxy groups -OCH3 is 1. The summed E-state index contributed by atoms with van der Waals surface area (Å²) in [6.07, 6.45) is 0. The lowest BCUT2D eigenvalue weighted by Crippen LogP contribution is -2.47. The van der Waals surface area contributed by atoms with Crippen molar-refractivity contribution in [1.29, 1.82) is 0 Å². The van der Waals surface area contributed by atoms with Gasteiger partial charge in [0.15, 0.2) is 11.5 Å². The maximum Gasteiger partial charge on any atom is 0.234 e. The van der Waals surface area contributed by atoms with Gasteiger partial charge in [0.2, 0.25) is 5.91 Å². The van der Waals surface area contributed by atoms with E-state index in [0.29, 0.717) is 18.9 Å². The molecule has 1 unspecified atom stereocenters. The Morgan fingerprint density at radius 1 is 1.35 bits per heavy atom. The van der Waals surface area contributed by atoms with Gasteiger partial charge in [0.1, 0.15) is 0 Å². The second-order valence-electron chi connectivity index (χ2n) is 5.66. The minimum atomic E-state index is -0.0741. The summed E-state index contributed by atoms with van der Waals surface area (Å²) in [6, 6.07) is 5.69. The summed E-state index contributed by atoms with van der Waals surface area (Å²) in [7, 11) is 1.62. The summed E-state index contributed by atoms with van der Waals surface area (Å²) in [5.74, 6) is 1.46. The van der Waals surface area contributed by atoms with Crippen LogP contribution in [0.5, 0.6) is 11.5 Å². The molecule has 0 radical (unpaired) electrons. The minimum absolute atomic E-state index is 0.0484. The molecule has 128 valence electrons. The first-order chi connectivity index (χ1) is 11.1. The van der Waals surface area contributed by atoms with Gasteiger partial charge in [0, 0.05) is 26.2 Å². The Morgan fingerprint density at radius 2 is 2.09 bits per heavy atom. The van der Waals surface area contributed by atoms with E-state index in [0.717, 1.165) is 37.5 Å². The van der Waals surface area contributed by atoms with Crippen LogP contribution in [0.4, 0.5) is 0 Å². The topological polar surface area (TPSA) is 62.8 Å². The second-order valence-corrected chi connectivity index (χ2v) is 5.66. The van der Waals surface area contributed by atoms with Gasteiger partial charge in [-0.25, -0.2) is 0 Å². The fourth-order valence-corrected chi connectivity index (χ4v) is 2.67. The zero-order valence-corrected chi connectivity index (χ0v) is 14.2. The van der Waals surface area contributed by atoms with E-state index < -0.39 is 0 Å². The summed E-state index contributed by atoms with van der Waals surface area (Å²) in [5.41, 5.74) is 0.999.